The van der Waals surface area contributed by atoms with Crippen LogP contribution < -0.4 is 10.9 Å². The minimum atomic E-state index is -0.217. The van der Waals surface area contributed by atoms with Crippen molar-refractivity contribution < 1.29 is 4.79 Å². The first kappa shape index (κ1) is 23.8. The molecule has 6 nitrogen and oxygen atoms in total. The molecular formula is C26H24N4O2S3. The highest BCUT2D eigenvalue weighted by Crippen LogP contribution is 2.39. The van der Waals surface area contributed by atoms with Gasteiger partial charge in [-0.05, 0) is 62.3 Å². The fourth-order valence-electron chi connectivity index (χ4n) is 4.43. The summed E-state index contributed by atoms with van der Waals surface area (Å²) >= 11 is 4.24. The van der Waals surface area contributed by atoms with Crippen molar-refractivity contribution in [2.75, 3.05) is 11.1 Å². The molecular weight excluding hydrogens is 497 g/mol. The largest absolute Gasteiger partial charge is 0.316 e. The summed E-state index contributed by atoms with van der Waals surface area (Å²) in [5, 5.41) is 14.4. The minimum absolute atomic E-state index is 0.0813. The number of amides is 1. The third-order valence-electron chi connectivity index (χ3n) is 6.40. The highest BCUT2D eigenvalue weighted by Gasteiger charge is 2.25. The fourth-order valence-corrected chi connectivity index (χ4v) is 7.69. The van der Waals surface area contributed by atoms with Crippen LogP contribution >= 0.6 is 34.4 Å². The van der Waals surface area contributed by atoms with Crippen LogP contribution in [0.4, 0.5) is 5.00 Å². The number of hydrogen-bond donors (Lipinski definition) is 1. The number of carbonyl (C=O) groups is 1. The number of nitrogens with one attached hydrogen (secondary N) is 1. The molecule has 0 bridgehead atoms. The van der Waals surface area contributed by atoms with E-state index < -0.39 is 0 Å². The fraction of sp³-hybridized carbons (Fsp3) is 0.308. The summed E-state index contributed by atoms with van der Waals surface area (Å²) in [7, 11) is 0. The summed E-state index contributed by atoms with van der Waals surface area (Å²) in [5.41, 5.74) is 3.22. The van der Waals surface area contributed by atoms with Gasteiger partial charge in [0, 0.05) is 9.75 Å². The highest BCUT2D eigenvalue weighted by molar-refractivity contribution is 7.99. The molecule has 35 heavy (non-hydrogen) atoms. The summed E-state index contributed by atoms with van der Waals surface area (Å²) < 4.78 is 1.59. The highest BCUT2D eigenvalue weighted by atomic mass is 32.2. The number of para-hydroxylation sites is 1. The molecule has 0 saturated carbocycles. The molecule has 3 heterocycles. The minimum Gasteiger partial charge on any atom is -0.316 e. The zero-order valence-electron chi connectivity index (χ0n) is 19.7. The van der Waals surface area contributed by atoms with E-state index in [-0.39, 0.29) is 17.2 Å². The molecule has 4 aromatic rings. The number of benzene rings is 1. The van der Waals surface area contributed by atoms with E-state index in [2.05, 4.69) is 18.3 Å². The number of aryl methyl sites for hydroxylation is 2. The van der Waals surface area contributed by atoms with Gasteiger partial charge in [0.1, 0.15) is 15.9 Å². The summed E-state index contributed by atoms with van der Waals surface area (Å²) in [6.45, 7) is 6.15. The Morgan fingerprint density at radius 2 is 2.06 bits per heavy atom. The lowest BCUT2D eigenvalue weighted by Crippen LogP contribution is -2.22. The van der Waals surface area contributed by atoms with Gasteiger partial charge in [-0.2, -0.15) is 5.26 Å². The number of nitrogens with zero attached hydrogens (tertiary/aromatic N) is 3. The lowest BCUT2D eigenvalue weighted by molar-refractivity contribution is -0.113. The molecule has 0 fully saturated rings. The molecule has 1 amide bonds. The topological polar surface area (TPSA) is 87.8 Å². The van der Waals surface area contributed by atoms with Crippen molar-refractivity contribution in [3.63, 3.8) is 0 Å². The lowest BCUT2D eigenvalue weighted by Gasteiger charge is -2.17. The molecule has 0 spiro atoms. The Morgan fingerprint density at radius 3 is 2.80 bits per heavy atom. The summed E-state index contributed by atoms with van der Waals surface area (Å²) in [6.07, 6.45) is 2.90. The predicted octanol–water partition coefficient (Wildman–Crippen LogP) is 5.85. The van der Waals surface area contributed by atoms with Crippen molar-refractivity contribution in [2.45, 2.75) is 45.2 Å². The van der Waals surface area contributed by atoms with Gasteiger partial charge < -0.3 is 5.32 Å². The van der Waals surface area contributed by atoms with Crippen molar-refractivity contribution in [3.05, 3.63) is 67.1 Å². The molecule has 1 atom stereocenters. The van der Waals surface area contributed by atoms with Crippen molar-refractivity contribution in [1.82, 2.24) is 9.55 Å². The van der Waals surface area contributed by atoms with E-state index in [4.69, 9.17) is 4.98 Å². The van der Waals surface area contributed by atoms with Crippen LogP contribution in [0.15, 0.2) is 40.3 Å². The van der Waals surface area contributed by atoms with Crippen molar-refractivity contribution in [1.29, 1.82) is 5.26 Å². The molecule has 1 aliphatic rings. The number of thiophene rings is 2. The molecule has 3 aromatic heterocycles. The Kier molecular flexibility index (Phi) is 6.53. The maximum absolute atomic E-state index is 13.5. The number of aromatic nitrogens is 2. The van der Waals surface area contributed by atoms with E-state index in [9.17, 15) is 14.9 Å². The van der Waals surface area contributed by atoms with Gasteiger partial charge in [0.05, 0.1) is 22.4 Å². The van der Waals surface area contributed by atoms with Gasteiger partial charge in [0.25, 0.3) is 5.56 Å². The number of rotatable bonds is 5. The van der Waals surface area contributed by atoms with Crippen LogP contribution in [-0.2, 0) is 17.6 Å². The standard InChI is InChI=1S/C26H24N4O2S3/c1-14-9-10-18-19(12-27)23(35-20(18)11-14)28-21(31)13-33-26-29-24-22(15(2)16(3)34-24)25(32)30(26)17-7-5-4-6-8-17/h4-8,14H,9-11,13H2,1-3H3,(H,28,31)/t14-/m0/s1. The van der Waals surface area contributed by atoms with Gasteiger partial charge in [-0.3, -0.25) is 14.2 Å². The Labute approximate surface area is 215 Å². The summed E-state index contributed by atoms with van der Waals surface area (Å²) in [5.74, 6) is 0.454. The summed E-state index contributed by atoms with van der Waals surface area (Å²) in [6, 6.07) is 11.7. The Balaban J connectivity index is 1.44. The first-order valence-electron chi connectivity index (χ1n) is 11.4. The predicted molar refractivity (Wildman–Crippen MR) is 144 cm³/mol. The van der Waals surface area contributed by atoms with Crippen LogP contribution in [0.1, 0.15) is 39.8 Å². The lowest BCUT2D eigenvalue weighted by atomic mass is 9.89. The number of nitriles is 1. The monoisotopic (exact) mass is 520 g/mol. The molecule has 1 N–H and O–H groups in total. The van der Waals surface area contributed by atoms with E-state index in [1.807, 2.05) is 44.2 Å². The average molecular weight is 521 g/mol. The quantitative estimate of drug-likeness (QED) is 0.263. The first-order chi connectivity index (χ1) is 16.9. The van der Waals surface area contributed by atoms with E-state index in [1.165, 1.54) is 39.3 Å². The van der Waals surface area contributed by atoms with Crippen molar-refractivity contribution >= 4 is 55.6 Å². The Bertz CT molecular complexity index is 1540. The molecule has 5 rings (SSSR count). The van der Waals surface area contributed by atoms with Crippen molar-refractivity contribution in [2.24, 2.45) is 5.92 Å². The average Bonchev–Trinajstić information content (AvgIpc) is 3.33. The normalized spacial score (nSPS) is 15.1. The SMILES string of the molecule is Cc1sc2nc(SCC(=O)Nc3sc4c(c3C#N)CC[C@H](C)C4)n(-c3ccccc3)c(=O)c2c1C. The third-order valence-corrected chi connectivity index (χ3v) is 9.60. The van der Waals surface area contributed by atoms with E-state index in [0.717, 1.165) is 35.3 Å². The van der Waals surface area contributed by atoms with Gasteiger partial charge in [0.15, 0.2) is 5.16 Å². The number of fused-ring (bicyclic) bond motifs is 2. The van der Waals surface area contributed by atoms with E-state index in [0.29, 0.717) is 37.5 Å². The second-order valence-corrected chi connectivity index (χ2v) is 12.1. The van der Waals surface area contributed by atoms with Crippen LogP contribution in [0.5, 0.6) is 0 Å². The number of anilines is 1. The van der Waals surface area contributed by atoms with Gasteiger partial charge in [0.2, 0.25) is 5.91 Å². The second kappa shape index (κ2) is 9.61. The van der Waals surface area contributed by atoms with Crippen LogP contribution in [-0.4, -0.2) is 21.2 Å². The molecule has 0 aliphatic heterocycles. The van der Waals surface area contributed by atoms with Gasteiger partial charge in [-0.15, -0.1) is 22.7 Å². The van der Waals surface area contributed by atoms with Gasteiger partial charge in [-0.25, -0.2) is 4.98 Å². The van der Waals surface area contributed by atoms with E-state index >= 15 is 0 Å². The smallest absolute Gasteiger partial charge is 0.267 e. The zero-order valence-corrected chi connectivity index (χ0v) is 22.1. The molecule has 0 unspecified atom stereocenters. The number of thioether (sulfide) groups is 1. The Hall–Kier alpha value is -2.93. The molecule has 178 valence electrons. The van der Waals surface area contributed by atoms with Crippen LogP contribution in [0.25, 0.3) is 15.9 Å². The molecule has 1 aromatic carbocycles. The molecule has 1 aliphatic carbocycles. The summed E-state index contributed by atoms with van der Waals surface area (Å²) in [4.78, 5) is 34.2. The van der Waals surface area contributed by atoms with Gasteiger partial charge in [-0.1, -0.05) is 36.9 Å². The second-order valence-electron chi connectivity index (χ2n) is 8.84. The van der Waals surface area contributed by atoms with Crippen LogP contribution in [0, 0.1) is 31.1 Å². The zero-order chi connectivity index (χ0) is 24.7. The maximum Gasteiger partial charge on any atom is 0.267 e. The molecule has 0 radical (unpaired) electrons. The molecule has 0 saturated heterocycles. The van der Waals surface area contributed by atoms with E-state index in [1.54, 1.807) is 4.57 Å². The number of carbonyl (C=O) groups excluding carboxylic acids is 1. The number of hydrogen-bond acceptors (Lipinski definition) is 7. The van der Waals surface area contributed by atoms with Crippen LogP contribution in [0.3, 0.4) is 0 Å². The third kappa shape index (κ3) is 4.42. The molecule has 9 heteroatoms. The Morgan fingerprint density at radius 1 is 1.29 bits per heavy atom. The van der Waals surface area contributed by atoms with Crippen molar-refractivity contribution in [3.8, 4) is 11.8 Å². The van der Waals surface area contributed by atoms with Gasteiger partial charge >= 0.3 is 0 Å². The maximum atomic E-state index is 13.5. The van der Waals surface area contributed by atoms with Crippen LogP contribution in [0.2, 0.25) is 0 Å². The first-order valence-corrected chi connectivity index (χ1v) is 14.0.